The van der Waals surface area contributed by atoms with Gasteiger partial charge in [0.2, 0.25) is 5.91 Å². The number of amides is 2. The van der Waals surface area contributed by atoms with Gasteiger partial charge in [-0.1, -0.05) is 19.9 Å². The third-order valence-corrected chi connectivity index (χ3v) is 3.42. The fourth-order valence-electron chi connectivity index (χ4n) is 2.31. The van der Waals surface area contributed by atoms with Crippen molar-refractivity contribution in [3.8, 4) is 0 Å². The molecule has 2 amide bonds. The first-order valence-corrected chi connectivity index (χ1v) is 8.25. The average molecular weight is 319 g/mol. The first-order valence-electron chi connectivity index (χ1n) is 8.25. The molecule has 0 fully saturated rings. The Bertz CT molecular complexity index is 527. The molecular weight excluding hydrogens is 290 g/mol. The Hall–Kier alpha value is -1.88. The molecule has 128 valence electrons. The third-order valence-electron chi connectivity index (χ3n) is 3.42. The summed E-state index contributed by atoms with van der Waals surface area (Å²) in [7, 11) is 0. The van der Waals surface area contributed by atoms with Crippen molar-refractivity contribution in [2.24, 2.45) is 5.92 Å². The van der Waals surface area contributed by atoms with Crippen LogP contribution in [0.15, 0.2) is 24.3 Å². The summed E-state index contributed by atoms with van der Waals surface area (Å²) in [6.45, 7) is 12.1. The predicted octanol–water partition coefficient (Wildman–Crippen LogP) is 2.74. The number of nitrogens with one attached hydrogen (secondary N) is 2. The van der Waals surface area contributed by atoms with Gasteiger partial charge in [0.05, 0.1) is 6.54 Å². The fourth-order valence-corrected chi connectivity index (χ4v) is 2.31. The SMILES string of the molecule is CCNC(=O)c1cccc(NC(=O)CN(CC(C)C)C(C)C)c1. The molecule has 0 unspecified atom stereocenters. The second-order valence-electron chi connectivity index (χ2n) is 6.41. The van der Waals surface area contributed by atoms with Crippen molar-refractivity contribution in [2.45, 2.75) is 40.7 Å². The lowest BCUT2D eigenvalue weighted by atomic mass is 10.1. The van der Waals surface area contributed by atoms with E-state index < -0.39 is 0 Å². The first kappa shape index (κ1) is 19.2. The van der Waals surface area contributed by atoms with E-state index in [9.17, 15) is 9.59 Å². The van der Waals surface area contributed by atoms with Gasteiger partial charge in [0.1, 0.15) is 0 Å². The van der Waals surface area contributed by atoms with Crippen molar-refractivity contribution >= 4 is 17.5 Å². The van der Waals surface area contributed by atoms with Gasteiger partial charge < -0.3 is 10.6 Å². The third kappa shape index (κ3) is 6.82. The van der Waals surface area contributed by atoms with Crippen LogP contribution in [-0.4, -0.2) is 42.4 Å². The minimum absolute atomic E-state index is 0.0626. The van der Waals surface area contributed by atoms with Gasteiger partial charge in [-0.2, -0.15) is 0 Å². The molecule has 0 aliphatic carbocycles. The summed E-state index contributed by atoms with van der Waals surface area (Å²) in [4.78, 5) is 26.2. The quantitative estimate of drug-likeness (QED) is 0.774. The molecule has 0 heterocycles. The Balaban J connectivity index is 2.69. The highest BCUT2D eigenvalue weighted by Crippen LogP contribution is 2.11. The Labute approximate surface area is 139 Å². The second-order valence-corrected chi connectivity index (χ2v) is 6.41. The zero-order valence-electron chi connectivity index (χ0n) is 14.8. The molecule has 0 saturated carbocycles. The van der Waals surface area contributed by atoms with Crippen LogP contribution < -0.4 is 10.6 Å². The summed E-state index contributed by atoms with van der Waals surface area (Å²) >= 11 is 0. The molecule has 1 rings (SSSR count). The molecule has 5 nitrogen and oxygen atoms in total. The van der Waals surface area contributed by atoms with E-state index in [1.807, 2.05) is 6.92 Å². The van der Waals surface area contributed by atoms with Gasteiger partial charge in [-0.15, -0.1) is 0 Å². The monoisotopic (exact) mass is 319 g/mol. The highest BCUT2D eigenvalue weighted by molar-refractivity contribution is 5.97. The van der Waals surface area contributed by atoms with Gasteiger partial charge in [0.25, 0.3) is 5.91 Å². The number of carbonyl (C=O) groups excluding carboxylic acids is 2. The number of hydrogen-bond acceptors (Lipinski definition) is 3. The highest BCUT2D eigenvalue weighted by atomic mass is 16.2. The Morgan fingerprint density at radius 2 is 1.87 bits per heavy atom. The van der Waals surface area contributed by atoms with E-state index in [1.165, 1.54) is 0 Å². The van der Waals surface area contributed by atoms with E-state index in [0.717, 1.165) is 6.54 Å². The van der Waals surface area contributed by atoms with Crippen molar-refractivity contribution in [1.29, 1.82) is 0 Å². The summed E-state index contributed by atoms with van der Waals surface area (Å²) in [5, 5.41) is 5.63. The molecule has 5 heteroatoms. The van der Waals surface area contributed by atoms with E-state index in [2.05, 4.69) is 43.2 Å². The second kappa shape index (κ2) is 9.30. The van der Waals surface area contributed by atoms with E-state index >= 15 is 0 Å². The molecule has 23 heavy (non-hydrogen) atoms. The van der Waals surface area contributed by atoms with Crippen LogP contribution in [0.25, 0.3) is 0 Å². The molecule has 0 radical (unpaired) electrons. The Morgan fingerprint density at radius 1 is 1.17 bits per heavy atom. The normalized spacial score (nSPS) is 11.1. The minimum Gasteiger partial charge on any atom is -0.352 e. The Morgan fingerprint density at radius 3 is 2.43 bits per heavy atom. The van der Waals surface area contributed by atoms with Crippen LogP contribution in [0.1, 0.15) is 45.0 Å². The van der Waals surface area contributed by atoms with E-state index in [1.54, 1.807) is 24.3 Å². The maximum absolute atomic E-state index is 12.3. The van der Waals surface area contributed by atoms with Crippen LogP contribution in [0.5, 0.6) is 0 Å². The summed E-state index contributed by atoms with van der Waals surface area (Å²) in [6, 6.07) is 7.31. The average Bonchev–Trinajstić information content (AvgIpc) is 2.46. The standard InChI is InChI=1S/C18H29N3O2/c1-6-19-18(23)15-8-7-9-16(10-15)20-17(22)12-21(14(4)5)11-13(2)3/h7-10,13-14H,6,11-12H2,1-5H3,(H,19,23)(H,20,22). The summed E-state index contributed by atoms with van der Waals surface area (Å²) in [5.74, 6) is 0.311. The van der Waals surface area contributed by atoms with Crippen LogP contribution in [0.3, 0.4) is 0 Å². The number of benzene rings is 1. The maximum Gasteiger partial charge on any atom is 0.251 e. The number of anilines is 1. The predicted molar refractivity (Wildman–Crippen MR) is 94.6 cm³/mol. The topological polar surface area (TPSA) is 61.4 Å². The van der Waals surface area contributed by atoms with Crippen LogP contribution in [0.4, 0.5) is 5.69 Å². The van der Waals surface area contributed by atoms with Gasteiger partial charge in [-0.25, -0.2) is 0 Å². The van der Waals surface area contributed by atoms with Gasteiger partial charge in [0.15, 0.2) is 0 Å². The molecule has 0 aromatic heterocycles. The van der Waals surface area contributed by atoms with Crippen molar-refractivity contribution in [1.82, 2.24) is 10.2 Å². The molecule has 0 saturated heterocycles. The molecule has 0 aliphatic heterocycles. The largest absolute Gasteiger partial charge is 0.352 e. The molecule has 0 aliphatic rings. The highest BCUT2D eigenvalue weighted by Gasteiger charge is 2.15. The lowest BCUT2D eigenvalue weighted by Gasteiger charge is -2.27. The zero-order chi connectivity index (χ0) is 17.4. The van der Waals surface area contributed by atoms with Gasteiger partial charge in [-0.05, 0) is 44.9 Å². The van der Waals surface area contributed by atoms with Gasteiger partial charge in [0, 0.05) is 30.4 Å². The van der Waals surface area contributed by atoms with Crippen molar-refractivity contribution in [3.63, 3.8) is 0 Å². The molecule has 1 aromatic carbocycles. The van der Waals surface area contributed by atoms with Crippen molar-refractivity contribution < 1.29 is 9.59 Å². The molecule has 0 atom stereocenters. The maximum atomic E-state index is 12.3. The minimum atomic E-state index is -0.132. The number of hydrogen-bond donors (Lipinski definition) is 2. The summed E-state index contributed by atoms with van der Waals surface area (Å²) < 4.78 is 0. The molecule has 2 N–H and O–H groups in total. The van der Waals surface area contributed by atoms with E-state index in [0.29, 0.717) is 36.3 Å². The molecule has 0 bridgehead atoms. The number of carbonyl (C=O) groups is 2. The van der Waals surface area contributed by atoms with Gasteiger partial charge >= 0.3 is 0 Å². The molecule has 1 aromatic rings. The fraction of sp³-hybridized carbons (Fsp3) is 0.556. The number of rotatable bonds is 8. The lowest BCUT2D eigenvalue weighted by Crippen LogP contribution is -2.40. The molecular formula is C18H29N3O2. The van der Waals surface area contributed by atoms with E-state index in [-0.39, 0.29) is 11.8 Å². The van der Waals surface area contributed by atoms with Crippen LogP contribution in [-0.2, 0) is 4.79 Å². The van der Waals surface area contributed by atoms with E-state index in [4.69, 9.17) is 0 Å². The summed E-state index contributed by atoms with van der Waals surface area (Å²) in [6.07, 6.45) is 0. The van der Waals surface area contributed by atoms with Crippen molar-refractivity contribution in [3.05, 3.63) is 29.8 Å². The Kier molecular flexibility index (Phi) is 7.75. The number of nitrogens with zero attached hydrogens (tertiary/aromatic N) is 1. The van der Waals surface area contributed by atoms with Crippen LogP contribution in [0, 0.1) is 5.92 Å². The molecule has 0 spiro atoms. The summed E-state index contributed by atoms with van der Waals surface area (Å²) in [5.41, 5.74) is 1.19. The smallest absolute Gasteiger partial charge is 0.251 e. The van der Waals surface area contributed by atoms with Gasteiger partial charge in [-0.3, -0.25) is 14.5 Å². The van der Waals surface area contributed by atoms with Crippen molar-refractivity contribution in [2.75, 3.05) is 25.0 Å². The van der Waals surface area contributed by atoms with Crippen LogP contribution in [0.2, 0.25) is 0 Å². The van der Waals surface area contributed by atoms with Crippen LogP contribution >= 0.6 is 0 Å². The first-order chi connectivity index (χ1) is 10.8. The lowest BCUT2D eigenvalue weighted by molar-refractivity contribution is -0.117. The zero-order valence-corrected chi connectivity index (χ0v) is 14.8.